The monoisotopic (exact) mass is 244 g/mol. The third-order valence-corrected chi connectivity index (χ3v) is 3.07. The van der Waals surface area contributed by atoms with Crippen LogP contribution in [0.3, 0.4) is 0 Å². The van der Waals surface area contributed by atoms with Gasteiger partial charge in [-0.1, -0.05) is 38.1 Å². The molecule has 1 heterocycles. The molecule has 0 aliphatic carbocycles. The number of benzene rings is 1. The molecule has 18 heavy (non-hydrogen) atoms. The maximum absolute atomic E-state index is 10.8. The molecule has 0 unspecified atom stereocenters. The molecule has 0 bridgehead atoms. The molecule has 2 rings (SSSR count). The van der Waals surface area contributed by atoms with Crippen LogP contribution in [-0.4, -0.2) is 11.1 Å². The summed E-state index contributed by atoms with van der Waals surface area (Å²) in [5, 5.41) is 8.90. The molecular weight excluding hydrogens is 228 g/mol. The minimum absolute atomic E-state index is 0.118. The van der Waals surface area contributed by atoms with Crippen molar-refractivity contribution >= 4 is 5.97 Å². The Morgan fingerprint density at radius 1 is 1.22 bits per heavy atom. The van der Waals surface area contributed by atoms with Crippen LogP contribution in [-0.2, 0) is 10.2 Å². The van der Waals surface area contributed by atoms with Gasteiger partial charge < -0.3 is 9.52 Å². The van der Waals surface area contributed by atoms with E-state index in [9.17, 15) is 4.79 Å². The highest BCUT2D eigenvalue weighted by Gasteiger charge is 2.23. The van der Waals surface area contributed by atoms with E-state index in [1.54, 1.807) is 6.26 Å². The summed E-state index contributed by atoms with van der Waals surface area (Å²) in [4.78, 5) is 10.8. The van der Waals surface area contributed by atoms with Gasteiger partial charge in [0, 0.05) is 11.0 Å². The molecule has 0 atom stereocenters. The Bertz CT molecular complexity index is 521. The molecule has 0 saturated heterocycles. The van der Waals surface area contributed by atoms with Gasteiger partial charge in [-0.05, 0) is 17.7 Å². The topological polar surface area (TPSA) is 50.4 Å². The van der Waals surface area contributed by atoms with E-state index in [0.717, 1.165) is 16.9 Å². The number of aliphatic carboxylic acids is 1. The van der Waals surface area contributed by atoms with Crippen molar-refractivity contribution in [3.8, 4) is 11.3 Å². The number of carboxylic acids is 1. The van der Waals surface area contributed by atoms with E-state index in [4.69, 9.17) is 9.52 Å². The van der Waals surface area contributed by atoms with Gasteiger partial charge in [0.2, 0.25) is 0 Å². The van der Waals surface area contributed by atoms with E-state index >= 15 is 0 Å². The second kappa shape index (κ2) is 4.69. The standard InChI is InChI=1S/C15H16O3/c1-15(2,10-14(16)17)12-7-5-11(6-8-12)13-4-3-9-18-13/h3-9H,10H2,1-2H3,(H,16,17). The largest absolute Gasteiger partial charge is 0.481 e. The predicted octanol–water partition coefficient (Wildman–Crippen LogP) is 3.70. The number of furan rings is 1. The first-order chi connectivity index (χ1) is 8.49. The maximum atomic E-state index is 10.8. The molecular formula is C15H16O3. The molecule has 3 nitrogen and oxygen atoms in total. The number of carbonyl (C=O) groups is 1. The average Bonchev–Trinajstić information content (AvgIpc) is 2.81. The molecule has 1 aromatic carbocycles. The first-order valence-electron chi connectivity index (χ1n) is 5.85. The van der Waals surface area contributed by atoms with Crippen LogP contribution in [0.2, 0.25) is 0 Å². The lowest BCUT2D eigenvalue weighted by molar-refractivity contribution is -0.138. The van der Waals surface area contributed by atoms with Crippen LogP contribution in [0.4, 0.5) is 0 Å². The molecule has 1 N–H and O–H groups in total. The van der Waals surface area contributed by atoms with Crippen molar-refractivity contribution in [1.29, 1.82) is 0 Å². The van der Waals surface area contributed by atoms with Crippen LogP contribution in [0.15, 0.2) is 47.1 Å². The summed E-state index contributed by atoms with van der Waals surface area (Å²) >= 11 is 0. The zero-order chi connectivity index (χ0) is 13.2. The third kappa shape index (κ3) is 2.62. The first kappa shape index (κ1) is 12.4. The summed E-state index contributed by atoms with van der Waals surface area (Å²) in [7, 11) is 0. The lowest BCUT2D eigenvalue weighted by atomic mass is 9.81. The summed E-state index contributed by atoms with van der Waals surface area (Å²) in [6, 6.07) is 11.6. The summed E-state index contributed by atoms with van der Waals surface area (Å²) in [6.45, 7) is 3.87. The quantitative estimate of drug-likeness (QED) is 0.892. The van der Waals surface area contributed by atoms with Crippen LogP contribution >= 0.6 is 0 Å². The lowest BCUT2D eigenvalue weighted by Crippen LogP contribution is -2.21. The van der Waals surface area contributed by atoms with E-state index in [-0.39, 0.29) is 11.8 Å². The van der Waals surface area contributed by atoms with Gasteiger partial charge in [0.25, 0.3) is 0 Å². The summed E-state index contributed by atoms with van der Waals surface area (Å²) in [6.07, 6.45) is 1.75. The smallest absolute Gasteiger partial charge is 0.304 e. The Labute approximate surface area is 106 Å². The van der Waals surface area contributed by atoms with Crippen molar-refractivity contribution in [2.24, 2.45) is 0 Å². The van der Waals surface area contributed by atoms with Crippen molar-refractivity contribution in [3.05, 3.63) is 48.2 Å². The maximum Gasteiger partial charge on any atom is 0.304 e. The molecule has 0 spiro atoms. The number of hydrogen-bond acceptors (Lipinski definition) is 2. The van der Waals surface area contributed by atoms with Gasteiger partial charge in [0.1, 0.15) is 5.76 Å². The highest BCUT2D eigenvalue weighted by molar-refractivity contribution is 5.69. The van der Waals surface area contributed by atoms with Gasteiger partial charge in [-0.2, -0.15) is 0 Å². The molecule has 0 amide bonds. The fourth-order valence-electron chi connectivity index (χ4n) is 2.01. The zero-order valence-corrected chi connectivity index (χ0v) is 10.5. The second-order valence-corrected chi connectivity index (χ2v) is 5.01. The van der Waals surface area contributed by atoms with E-state index in [2.05, 4.69) is 0 Å². The van der Waals surface area contributed by atoms with Gasteiger partial charge in [0.15, 0.2) is 0 Å². The van der Waals surface area contributed by atoms with E-state index in [1.165, 1.54) is 0 Å². The van der Waals surface area contributed by atoms with Crippen molar-refractivity contribution in [1.82, 2.24) is 0 Å². The van der Waals surface area contributed by atoms with Gasteiger partial charge in [-0.15, -0.1) is 0 Å². The summed E-state index contributed by atoms with van der Waals surface area (Å²) in [5.74, 6) is 0.0349. The average molecular weight is 244 g/mol. The normalized spacial score (nSPS) is 11.4. The number of carboxylic acid groups (broad SMARTS) is 1. The van der Waals surface area contributed by atoms with Gasteiger partial charge >= 0.3 is 5.97 Å². The number of hydrogen-bond donors (Lipinski definition) is 1. The summed E-state index contributed by atoms with van der Waals surface area (Å²) < 4.78 is 5.32. The summed E-state index contributed by atoms with van der Waals surface area (Å²) in [5.41, 5.74) is 1.64. The predicted molar refractivity (Wildman–Crippen MR) is 69.4 cm³/mol. The molecule has 3 heteroatoms. The third-order valence-electron chi connectivity index (χ3n) is 3.07. The van der Waals surface area contributed by atoms with Crippen molar-refractivity contribution < 1.29 is 14.3 Å². The SMILES string of the molecule is CC(C)(CC(=O)O)c1ccc(-c2ccco2)cc1. The Morgan fingerprint density at radius 2 is 1.89 bits per heavy atom. The van der Waals surface area contributed by atoms with Crippen molar-refractivity contribution in [2.75, 3.05) is 0 Å². The van der Waals surface area contributed by atoms with E-state index in [1.807, 2.05) is 50.2 Å². The van der Waals surface area contributed by atoms with Crippen molar-refractivity contribution in [3.63, 3.8) is 0 Å². The minimum atomic E-state index is -0.782. The van der Waals surface area contributed by atoms with E-state index in [0.29, 0.717) is 0 Å². The van der Waals surface area contributed by atoms with Crippen LogP contribution in [0.25, 0.3) is 11.3 Å². The molecule has 2 aromatic rings. The van der Waals surface area contributed by atoms with Crippen LogP contribution in [0, 0.1) is 0 Å². The molecule has 0 aliphatic rings. The zero-order valence-electron chi connectivity index (χ0n) is 10.5. The highest BCUT2D eigenvalue weighted by atomic mass is 16.4. The van der Waals surface area contributed by atoms with Crippen molar-refractivity contribution in [2.45, 2.75) is 25.7 Å². The second-order valence-electron chi connectivity index (χ2n) is 5.01. The fourth-order valence-corrected chi connectivity index (χ4v) is 2.01. The van der Waals surface area contributed by atoms with Crippen LogP contribution < -0.4 is 0 Å². The minimum Gasteiger partial charge on any atom is -0.481 e. The molecule has 0 aliphatic heterocycles. The Hall–Kier alpha value is -2.03. The number of rotatable bonds is 4. The Balaban J connectivity index is 2.25. The van der Waals surface area contributed by atoms with Gasteiger partial charge in [0.05, 0.1) is 12.7 Å². The molecule has 0 radical (unpaired) electrons. The van der Waals surface area contributed by atoms with Gasteiger partial charge in [-0.3, -0.25) is 4.79 Å². The molecule has 0 fully saturated rings. The van der Waals surface area contributed by atoms with E-state index < -0.39 is 5.97 Å². The molecule has 94 valence electrons. The van der Waals surface area contributed by atoms with Crippen LogP contribution in [0.5, 0.6) is 0 Å². The molecule has 1 aromatic heterocycles. The first-order valence-corrected chi connectivity index (χ1v) is 5.85. The lowest BCUT2D eigenvalue weighted by Gasteiger charge is -2.23. The Morgan fingerprint density at radius 3 is 2.39 bits per heavy atom. The Kier molecular flexibility index (Phi) is 3.24. The molecule has 0 saturated carbocycles. The van der Waals surface area contributed by atoms with Crippen LogP contribution in [0.1, 0.15) is 25.8 Å². The highest BCUT2D eigenvalue weighted by Crippen LogP contribution is 2.29. The van der Waals surface area contributed by atoms with Gasteiger partial charge in [-0.25, -0.2) is 0 Å². The fraction of sp³-hybridized carbons (Fsp3) is 0.267.